The predicted molar refractivity (Wildman–Crippen MR) is 141 cm³/mol. The molecule has 190 valence electrons. The Labute approximate surface area is 218 Å². The van der Waals surface area contributed by atoms with Gasteiger partial charge in [-0.05, 0) is 59.8 Å². The molecule has 0 aliphatic carbocycles. The fraction of sp³-hybridized carbons (Fsp3) is 0.115. The van der Waals surface area contributed by atoms with Crippen molar-refractivity contribution >= 4 is 55.5 Å². The van der Waals surface area contributed by atoms with E-state index < -0.39 is 26.7 Å². The number of methoxy groups -OCH3 is 1. The Kier molecular flexibility index (Phi) is 7.44. The van der Waals surface area contributed by atoms with Gasteiger partial charge in [0.2, 0.25) is 0 Å². The number of fused-ring (bicyclic) bond motifs is 1. The molecule has 37 heavy (non-hydrogen) atoms. The lowest BCUT2D eigenvalue weighted by Gasteiger charge is -2.12. The molecule has 4 aromatic rings. The van der Waals surface area contributed by atoms with Crippen LogP contribution in [-0.2, 0) is 16.5 Å². The number of hydrogen-bond acceptors (Lipinski definition) is 7. The number of azo groups is 1. The Morgan fingerprint density at radius 1 is 1.05 bits per heavy atom. The van der Waals surface area contributed by atoms with Crippen molar-refractivity contribution in [1.82, 2.24) is 0 Å². The molecule has 0 saturated heterocycles. The number of carbonyl (C=O) groups excluding carboxylic acids is 1. The van der Waals surface area contributed by atoms with Crippen LogP contribution in [0.1, 0.15) is 22.8 Å². The third-order valence-corrected chi connectivity index (χ3v) is 7.00. The van der Waals surface area contributed by atoms with Crippen molar-refractivity contribution in [3.05, 3.63) is 82.9 Å². The number of anilines is 1. The highest BCUT2D eigenvalue weighted by Crippen LogP contribution is 2.41. The number of carbonyl (C=O) groups is 1. The van der Waals surface area contributed by atoms with Crippen molar-refractivity contribution in [3.63, 3.8) is 0 Å². The van der Waals surface area contributed by atoms with E-state index in [0.717, 1.165) is 0 Å². The second-order valence-corrected chi connectivity index (χ2v) is 9.75. The minimum absolute atomic E-state index is 0.00986. The Morgan fingerprint density at radius 3 is 2.41 bits per heavy atom. The molecule has 4 aromatic carbocycles. The standard InChI is InChI=1S/C26H22ClN3O6S/c1-3-15-12-21(23(27)22(13-15)37(33,34)35)29-30-24-19-7-5-4-6-16(19)14-20(25(24)31)26(32)28-17-8-10-18(36-2)11-9-17/h4-14,31H,3H2,1-2H3,(H,28,32)(H,33,34,35). The molecule has 0 bridgehead atoms. The summed E-state index contributed by atoms with van der Waals surface area (Å²) in [4.78, 5) is 12.6. The van der Waals surface area contributed by atoms with Gasteiger partial charge in [-0.15, -0.1) is 10.2 Å². The molecule has 0 aliphatic rings. The first-order chi connectivity index (χ1) is 17.6. The normalized spacial score (nSPS) is 11.7. The van der Waals surface area contributed by atoms with Gasteiger partial charge in [0, 0.05) is 11.1 Å². The van der Waals surface area contributed by atoms with Gasteiger partial charge in [-0.3, -0.25) is 9.35 Å². The van der Waals surface area contributed by atoms with Crippen molar-refractivity contribution in [1.29, 1.82) is 0 Å². The number of phenols is 1. The third-order valence-electron chi connectivity index (χ3n) is 5.61. The monoisotopic (exact) mass is 539 g/mol. The van der Waals surface area contributed by atoms with Crippen molar-refractivity contribution in [3.8, 4) is 11.5 Å². The van der Waals surface area contributed by atoms with E-state index in [1.54, 1.807) is 55.5 Å². The lowest BCUT2D eigenvalue weighted by Crippen LogP contribution is -2.12. The van der Waals surface area contributed by atoms with Crippen LogP contribution in [-0.4, -0.2) is 31.1 Å². The first-order valence-electron chi connectivity index (χ1n) is 11.0. The van der Waals surface area contributed by atoms with Crippen molar-refractivity contribution in [2.75, 3.05) is 12.4 Å². The van der Waals surface area contributed by atoms with E-state index in [2.05, 4.69) is 15.5 Å². The van der Waals surface area contributed by atoms with Gasteiger partial charge in [0.25, 0.3) is 16.0 Å². The number of benzene rings is 4. The number of amides is 1. The highest BCUT2D eigenvalue weighted by Gasteiger charge is 2.21. The van der Waals surface area contributed by atoms with Gasteiger partial charge < -0.3 is 15.2 Å². The molecule has 0 unspecified atom stereocenters. The van der Waals surface area contributed by atoms with Crippen LogP contribution >= 0.6 is 11.6 Å². The van der Waals surface area contributed by atoms with E-state index >= 15 is 0 Å². The molecule has 0 aliphatic heterocycles. The highest BCUT2D eigenvalue weighted by molar-refractivity contribution is 7.86. The van der Waals surface area contributed by atoms with Gasteiger partial charge in [-0.1, -0.05) is 42.8 Å². The van der Waals surface area contributed by atoms with Crippen LogP contribution in [0.2, 0.25) is 5.02 Å². The van der Waals surface area contributed by atoms with E-state index in [0.29, 0.717) is 34.2 Å². The fourth-order valence-electron chi connectivity index (χ4n) is 3.67. The Bertz CT molecular complexity index is 1640. The molecule has 0 saturated carbocycles. The van der Waals surface area contributed by atoms with Gasteiger partial charge in [0.05, 0.1) is 17.7 Å². The molecule has 4 rings (SSSR count). The first kappa shape index (κ1) is 26.1. The molecular formula is C26H22ClN3O6S. The van der Waals surface area contributed by atoms with Crippen molar-refractivity contribution < 1.29 is 27.6 Å². The van der Waals surface area contributed by atoms with Crippen molar-refractivity contribution in [2.24, 2.45) is 10.2 Å². The summed E-state index contributed by atoms with van der Waals surface area (Å²) in [5.41, 5.74) is 0.958. The number of halogens is 1. The first-order valence-corrected chi connectivity index (χ1v) is 12.9. The van der Waals surface area contributed by atoms with E-state index in [1.807, 2.05) is 0 Å². The molecule has 1 amide bonds. The molecule has 0 spiro atoms. The van der Waals surface area contributed by atoms with Gasteiger partial charge >= 0.3 is 0 Å². The number of ether oxygens (including phenoxy) is 1. The summed E-state index contributed by atoms with van der Waals surface area (Å²) in [6.45, 7) is 1.79. The molecule has 0 atom stereocenters. The Hall–Kier alpha value is -3.99. The average molecular weight is 540 g/mol. The number of phenolic OH excluding ortho intramolecular Hbond substituents is 1. The molecule has 0 fully saturated rings. The average Bonchev–Trinajstić information content (AvgIpc) is 2.88. The highest BCUT2D eigenvalue weighted by atomic mass is 35.5. The van der Waals surface area contributed by atoms with E-state index in [-0.39, 0.29) is 22.0 Å². The van der Waals surface area contributed by atoms with Crippen LogP contribution in [0.4, 0.5) is 17.1 Å². The summed E-state index contributed by atoms with van der Waals surface area (Å²) in [6, 6.07) is 18.0. The number of rotatable bonds is 7. The van der Waals surface area contributed by atoms with Crippen LogP contribution in [0.25, 0.3) is 10.8 Å². The summed E-state index contributed by atoms with van der Waals surface area (Å²) in [5.74, 6) is -0.381. The van der Waals surface area contributed by atoms with Gasteiger partial charge in [-0.2, -0.15) is 8.42 Å². The maximum atomic E-state index is 13.1. The molecule has 3 N–H and O–H groups in total. The SMILES string of the molecule is CCc1cc(N=Nc2c(O)c(C(=O)Nc3ccc(OC)cc3)cc3ccccc23)c(Cl)c(S(=O)(=O)O)c1. The number of aromatic hydroxyl groups is 1. The number of nitrogens with one attached hydrogen (secondary N) is 1. The minimum atomic E-state index is -4.61. The lowest BCUT2D eigenvalue weighted by molar-refractivity contribution is 0.102. The summed E-state index contributed by atoms with van der Waals surface area (Å²) in [5, 5.41) is 22.8. The number of nitrogens with zero attached hydrogens (tertiary/aromatic N) is 2. The smallest absolute Gasteiger partial charge is 0.296 e. The topological polar surface area (TPSA) is 138 Å². The molecule has 11 heteroatoms. The van der Waals surface area contributed by atoms with Crippen molar-refractivity contribution in [2.45, 2.75) is 18.2 Å². The van der Waals surface area contributed by atoms with Gasteiger partial charge in [0.15, 0.2) is 5.75 Å². The van der Waals surface area contributed by atoms with Crippen LogP contribution in [0.3, 0.4) is 0 Å². The van der Waals surface area contributed by atoms with E-state index in [1.165, 1.54) is 25.3 Å². The predicted octanol–water partition coefficient (Wildman–Crippen LogP) is 6.68. The zero-order chi connectivity index (χ0) is 26.7. The van der Waals surface area contributed by atoms with E-state index in [4.69, 9.17) is 16.3 Å². The molecule has 0 aromatic heterocycles. The second-order valence-electron chi connectivity index (χ2n) is 7.98. The molecule has 9 nitrogen and oxygen atoms in total. The number of aryl methyl sites for hydroxylation is 1. The van der Waals surface area contributed by atoms with Crippen LogP contribution in [0.5, 0.6) is 11.5 Å². The quantitative estimate of drug-likeness (QED) is 0.177. The third kappa shape index (κ3) is 5.56. The maximum absolute atomic E-state index is 13.1. The zero-order valence-electron chi connectivity index (χ0n) is 19.8. The van der Waals surface area contributed by atoms with E-state index in [9.17, 15) is 22.9 Å². The summed E-state index contributed by atoms with van der Waals surface area (Å²) >= 11 is 6.21. The molecule has 0 radical (unpaired) electrons. The summed E-state index contributed by atoms with van der Waals surface area (Å²) < 4.78 is 38.3. The van der Waals surface area contributed by atoms with Crippen LogP contribution in [0.15, 0.2) is 81.9 Å². The summed E-state index contributed by atoms with van der Waals surface area (Å²) in [7, 11) is -3.08. The second kappa shape index (κ2) is 10.6. The Balaban J connectivity index is 1.80. The zero-order valence-corrected chi connectivity index (χ0v) is 21.3. The van der Waals surface area contributed by atoms with Gasteiger partial charge in [-0.25, -0.2) is 0 Å². The lowest BCUT2D eigenvalue weighted by atomic mass is 10.0. The Morgan fingerprint density at radius 2 is 1.76 bits per heavy atom. The van der Waals surface area contributed by atoms with Crippen LogP contribution < -0.4 is 10.1 Å². The molecule has 0 heterocycles. The maximum Gasteiger partial charge on any atom is 0.296 e. The number of hydrogen-bond donors (Lipinski definition) is 3. The largest absolute Gasteiger partial charge is 0.505 e. The molecular weight excluding hydrogens is 518 g/mol. The summed E-state index contributed by atoms with van der Waals surface area (Å²) in [6.07, 6.45) is 0.442. The minimum Gasteiger partial charge on any atom is -0.505 e. The van der Waals surface area contributed by atoms with Gasteiger partial charge in [0.1, 0.15) is 22.0 Å². The fourth-order valence-corrected chi connectivity index (χ4v) is 4.74. The van der Waals surface area contributed by atoms with Crippen LogP contribution in [0, 0.1) is 0 Å².